The minimum absolute atomic E-state index is 0.0786. The van der Waals surface area contributed by atoms with Crippen molar-refractivity contribution >= 4 is 50.9 Å². The van der Waals surface area contributed by atoms with E-state index >= 15 is 0 Å². The fourth-order valence-corrected chi connectivity index (χ4v) is 7.54. The number of benzene rings is 1. The highest BCUT2D eigenvalue weighted by atomic mass is 79.9. The van der Waals surface area contributed by atoms with E-state index in [-0.39, 0.29) is 16.9 Å². The molecule has 2 unspecified atom stereocenters. The smallest absolute Gasteiger partial charge is 0.231 e. The lowest BCUT2D eigenvalue weighted by Gasteiger charge is -2.60. The average molecular weight is 550 g/mol. The maximum absolute atomic E-state index is 13.7. The molecule has 7 nitrogen and oxygen atoms in total. The number of hydrogen-bond acceptors (Lipinski definition) is 4. The Hall–Kier alpha value is -1.90. The quantitative estimate of drug-likeness (QED) is 0.454. The Labute approximate surface area is 210 Å². The van der Waals surface area contributed by atoms with Gasteiger partial charge in [-0.1, -0.05) is 29.3 Å². The van der Waals surface area contributed by atoms with Gasteiger partial charge in [0.2, 0.25) is 10.6 Å². The summed E-state index contributed by atoms with van der Waals surface area (Å²) < 4.78 is 4.39. The Morgan fingerprint density at radius 2 is 1.94 bits per heavy atom. The molecule has 4 saturated carbocycles. The van der Waals surface area contributed by atoms with Crippen LogP contribution in [0.15, 0.2) is 41.5 Å². The lowest BCUT2D eigenvalue weighted by molar-refractivity contribution is -0.150. The minimum atomic E-state index is -0.383. The molecular weight excluding hydrogens is 527 g/mol. The van der Waals surface area contributed by atoms with Crippen molar-refractivity contribution in [1.29, 1.82) is 0 Å². The van der Waals surface area contributed by atoms with Crippen LogP contribution in [0.1, 0.15) is 44.1 Å². The van der Waals surface area contributed by atoms with Gasteiger partial charge in [-0.3, -0.25) is 9.48 Å². The molecule has 172 valence electrons. The highest BCUT2D eigenvalue weighted by Crippen LogP contribution is 2.64. The molecule has 1 N–H and O–H groups in total. The molecule has 0 aliphatic heterocycles. The first-order valence-corrected chi connectivity index (χ1v) is 12.7. The lowest BCUT2D eigenvalue weighted by Crippen LogP contribution is -2.60. The van der Waals surface area contributed by atoms with E-state index in [2.05, 4.69) is 36.4 Å². The second-order valence-electron chi connectivity index (χ2n) is 10.0. The fourth-order valence-electron chi connectivity index (χ4n) is 6.81. The van der Waals surface area contributed by atoms with Crippen LogP contribution in [0.3, 0.4) is 0 Å². The molecule has 4 bridgehead atoms. The zero-order chi connectivity index (χ0) is 22.8. The number of carbonyl (C=O) groups is 1. The molecule has 10 heteroatoms. The third kappa shape index (κ3) is 3.80. The van der Waals surface area contributed by atoms with Crippen molar-refractivity contribution < 1.29 is 4.79 Å². The fraction of sp³-hybridized carbons (Fsp3) is 0.478. The van der Waals surface area contributed by atoms with Gasteiger partial charge in [0.15, 0.2) is 5.82 Å². The van der Waals surface area contributed by atoms with Crippen LogP contribution in [0.5, 0.6) is 0 Å². The van der Waals surface area contributed by atoms with Gasteiger partial charge >= 0.3 is 0 Å². The van der Waals surface area contributed by atoms with Crippen LogP contribution in [0.4, 0.5) is 5.82 Å². The maximum Gasteiger partial charge on any atom is 0.231 e. The van der Waals surface area contributed by atoms with Crippen LogP contribution < -0.4 is 5.32 Å². The number of hydrogen-bond donors (Lipinski definition) is 1. The Morgan fingerprint density at radius 1 is 1.15 bits per heavy atom. The van der Waals surface area contributed by atoms with E-state index in [1.165, 1.54) is 6.42 Å². The standard InChI is InChI=1S/C23H23BrCl2N6O/c24-21-27-13-32(30-21)23-9-14-5-15(10-23)8-22(7-14,12-23)20(33)28-19-3-4-31(29-19)11-16-1-2-17(25)6-18(16)26/h1-4,6,13-15H,5,7-12H2,(H,28,29,33). The van der Waals surface area contributed by atoms with Crippen molar-refractivity contribution in [3.05, 3.63) is 57.1 Å². The molecule has 1 amide bonds. The molecule has 3 aromatic rings. The van der Waals surface area contributed by atoms with E-state index in [0.29, 0.717) is 39.0 Å². The molecule has 0 radical (unpaired) electrons. The molecule has 0 spiro atoms. The number of rotatable bonds is 5. The van der Waals surface area contributed by atoms with Crippen LogP contribution in [0.25, 0.3) is 0 Å². The van der Waals surface area contributed by atoms with Gasteiger partial charge < -0.3 is 5.32 Å². The summed E-state index contributed by atoms with van der Waals surface area (Å²) in [5.41, 5.74) is 0.417. The van der Waals surface area contributed by atoms with Gasteiger partial charge in [-0.25, -0.2) is 9.67 Å². The summed E-state index contributed by atoms with van der Waals surface area (Å²) in [6.07, 6.45) is 9.71. The van der Waals surface area contributed by atoms with Gasteiger partial charge in [0.25, 0.3) is 0 Å². The topological polar surface area (TPSA) is 77.6 Å². The Bertz CT molecular complexity index is 1230. The van der Waals surface area contributed by atoms with Crippen molar-refractivity contribution in [2.24, 2.45) is 17.3 Å². The van der Waals surface area contributed by atoms with Crippen LogP contribution in [-0.2, 0) is 16.9 Å². The molecule has 2 atom stereocenters. The highest BCUT2D eigenvalue weighted by Gasteiger charge is 2.61. The molecular formula is C23H23BrCl2N6O. The number of amides is 1. The predicted octanol–water partition coefficient (Wildman–Crippen LogP) is 5.53. The summed E-state index contributed by atoms with van der Waals surface area (Å²) in [6.45, 7) is 0.505. The van der Waals surface area contributed by atoms with E-state index in [1.54, 1.807) is 10.7 Å². The van der Waals surface area contributed by atoms with E-state index in [0.717, 1.165) is 37.7 Å². The number of halogens is 3. The molecule has 2 aromatic heterocycles. The van der Waals surface area contributed by atoms with Gasteiger partial charge in [0, 0.05) is 22.3 Å². The van der Waals surface area contributed by atoms with Crippen LogP contribution >= 0.6 is 39.1 Å². The van der Waals surface area contributed by atoms with Gasteiger partial charge in [-0.05, 0) is 84.0 Å². The van der Waals surface area contributed by atoms with Crippen LogP contribution in [0.2, 0.25) is 10.0 Å². The molecule has 33 heavy (non-hydrogen) atoms. The largest absolute Gasteiger partial charge is 0.309 e. The van der Waals surface area contributed by atoms with E-state index in [4.69, 9.17) is 23.2 Å². The summed E-state index contributed by atoms with van der Waals surface area (Å²) in [5.74, 6) is 1.74. The summed E-state index contributed by atoms with van der Waals surface area (Å²) in [6, 6.07) is 7.27. The van der Waals surface area contributed by atoms with E-state index in [1.807, 2.05) is 35.4 Å². The van der Waals surface area contributed by atoms with E-state index in [9.17, 15) is 4.79 Å². The second kappa shape index (κ2) is 7.82. The Morgan fingerprint density at radius 3 is 2.64 bits per heavy atom. The SMILES string of the molecule is O=C(Nc1ccn(Cc2ccc(Cl)cc2Cl)n1)C12CC3CC(C1)CC(n1cnc(Br)n1)(C3)C2. The minimum Gasteiger partial charge on any atom is -0.309 e. The van der Waals surface area contributed by atoms with Gasteiger partial charge in [-0.15, -0.1) is 5.10 Å². The number of aromatic nitrogens is 5. The Balaban J connectivity index is 1.21. The molecule has 1 aromatic carbocycles. The van der Waals surface area contributed by atoms with Crippen molar-refractivity contribution in [1.82, 2.24) is 24.5 Å². The summed E-state index contributed by atoms with van der Waals surface area (Å²) in [5, 5.41) is 13.5. The average Bonchev–Trinajstić information content (AvgIpc) is 3.38. The monoisotopic (exact) mass is 548 g/mol. The van der Waals surface area contributed by atoms with Gasteiger partial charge in [0.1, 0.15) is 6.33 Å². The first kappa shape index (κ1) is 21.6. The van der Waals surface area contributed by atoms with Gasteiger partial charge in [0.05, 0.1) is 17.5 Å². The Kier molecular flexibility index (Phi) is 5.12. The normalized spacial score (nSPS) is 30.0. The molecule has 2 heterocycles. The van der Waals surface area contributed by atoms with Crippen molar-refractivity contribution in [2.45, 2.75) is 50.6 Å². The second-order valence-corrected chi connectivity index (χ2v) is 11.6. The first-order valence-electron chi connectivity index (χ1n) is 11.2. The maximum atomic E-state index is 13.7. The summed E-state index contributed by atoms with van der Waals surface area (Å²) in [7, 11) is 0. The van der Waals surface area contributed by atoms with Gasteiger partial charge in [-0.2, -0.15) is 5.10 Å². The molecule has 0 saturated heterocycles. The van der Waals surface area contributed by atoms with E-state index < -0.39 is 0 Å². The number of anilines is 1. The molecule has 4 aliphatic carbocycles. The summed E-state index contributed by atoms with van der Waals surface area (Å²) in [4.78, 5) is 17.9. The van der Waals surface area contributed by atoms with Crippen molar-refractivity contribution in [3.63, 3.8) is 0 Å². The van der Waals surface area contributed by atoms with Crippen LogP contribution in [0, 0.1) is 17.3 Å². The van der Waals surface area contributed by atoms with Crippen molar-refractivity contribution in [3.8, 4) is 0 Å². The molecule has 4 aliphatic rings. The molecule has 4 fully saturated rings. The third-order valence-electron chi connectivity index (χ3n) is 7.69. The first-order chi connectivity index (χ1) is 15.8. The number of nitrogens with zero attached hydrogens (tertiary/aromatic N) is 5. The van der Waals surface area contributed by atoms with Crippen molar-refractivity contribution in [2.75, 3.05) is 5.32 Å². The predicted molar refractivity (Wildman–Crippen MR) is 129 cm³/mol. The number of nitrogens with one attached hydrogen (secondary N) is 1. The summed E-state index contributed by atoms with van der Waals surface area (Å²) >= 11 is 15.7. The number of carbonyl (C=O) groups excluding carboxylic acids is 1. The third-order valence-corrected chi connectivity index (χ3v) is 8.64. The highest BCUT2D eigenvalue weighted by molar-refractivity contribution is 9.10. The molecule has 7 rings (SSSR count). The lowest BCUT2D eigenvalue weighted by atomic mass is 9.46. The zero-order valence-corrected chi connectivity index (χ0v) is 20.9. The van der Waals surface area contributed by atoms with Crippen LogP contribution in [-0.4, -0.2) is 30.5 Å². The zero-order valence-electron chi connectivity index (χ0n) is 17.8.